The van der Waals surface area contributed by atoms with Gasteiger partial charge in [0.1, 0.15) is 0 Å². The zero-order valence-electron chi connectivity index (χ0n) is 6.92. The summed E-state index contributed by atoms with van der Waals surface area (Å²) in [4.78, 5) is 5.44. The molecular formula is C9H7Cl2NS. The molecule has 68 valence electrons. The number of aryl methyl sites for hydroxylation is 1. The van der Waals surface area contributed by atoms with Gasteiger partial charge in [-0.05, 0) is 19.1 Å². The summed E-state index contributed by atoms with van der Waals surface area (Å²) in [6, 6.07) is 0. The molecule has 1 aromatic rings. The van der Waals surface area contributed by atoms with Gasteiger partial charge < -0.3 is 0 Å². The molecule has 0 saturated carbocycles. The number of allylic oxidation sites excluding steroid dienone is 2. The lowest BCUT2D eigenvalue weighted by molar-refractivity contribution is 1.27. The molecular weight excluding hydrogens is 225 g/mol. The molecule has 13 heavy (non-hydrogen) atoms. The van der Waals surface area contributed by atoms with Gasteiger partial charge in [0.05, 0.1) is 21.0 Å². The Morgan fingerprint density at radius 2 is 2.31 bits per heavy atom. The Morgan fingerprint density at radius 1 is 1.54 bits per heavy atom. The Kier molecular flexibility index (Phi) is 2.45. The van der Waals surface area contributed by atoms with Gasteiger partial charge in [0, 0.05) is 5.03 Å². The molecule has 4 heteroatoms. The first-order valence-corrected chi connectivity index (χ1v) is 5.46. The Morgan fingerprint density at radius 3 is 3.08 bits per heavy atom. The molecule has 0 amide bonds. The quantitative estimate of drug-likeness (QED) is 0.622. The fourth-order valence-corrected chi connectivity index (χ4v) is 2.40. The second kappa shape index (κ2) is 3.45. The standard InChI is InChI=1S/C9H7Cl2NS/c1-5-12-8-3-2-6(10)7(11)4-9(8)13-5/h2-4,6H,1H3. The lowest BCUT2D eigenvalue weighted by Gasteiger charge is -1.97. The van der Waals surface area contributed by atoms with Crippen LogP contribution in [0.3, 0.4) is 0 Å². The normalized spacial score (nSPS) is 20.8. The van der Waals surface area contributed by atoms with Crippen LogP contribution in [0.2, 0.25) is 0 Å². The van der Waals surface area contributed by atoms with Crippen LogP contribution in [0.15, 0.2) is 11.1 Å². The largest absolute Gasteiger partial charge is 0.242 e. The zero-order valence-corrected chi connectivity index (χ0v) is 9.25. The Bertz CT molecular complexity index is 392. The molecule has 1 nitrogen and oxygen atoms in total. The van der Waals surface area contributed by atoms with Crippen molar-refractivity contribution in [1.29, 1.82) is 0 Å². The third-order valence-electron chi connectivity index (χ3n) is 1.74. The zero-order chi connectivity index (χ0) is 9.42. The van der Waals surface area contributed by atoms with Crippen molar-refractivity contribution in [3.63, 3.8) is 0 Å². The summed E-state index contributed by atoms with van der Waals surface area (Å²) in [7, 11) is 0. The van der Waals surface area contributed by atoms with E-state index in [-0.39, 0.29) is 5.38 Å². The van der Waals surface area contributed by atoms with Gasteiger partial charge in [0.2, 0.25) is 0 Å². The van der Waals surface area contributed by atoms with Crippen LogP contribution in [0.5, 0.6) is 0 Å². The van der Waals surface area contributed by atoms with E-state index in [0.29, 0.717) is 5.03 Å². The molecule has 1 aliphatic carbocycles. The van der Waals surface area contributed by atoms with Crippen LogP contribution in [0.1, 0.15) is 15.6 Å². The van der Waals surface area contributed by atoms with E-state index in [0.717, 1.165) is 15.6 Å². The minimum Gasteiger partial charge on any atom is -0.242 e. The van der Waals surface area contributed by atoms with Gasteiger partial charge in [-0.15, -0.1) is 22.9 Å². The van der Waals surface area contributed by atoms with E-state index in [4.69, 9.17) is 23.2 Å². The predicted octanol–water partition coefficient (Wildman–Crippen LogP) is 3.67. The number of hydrogen-bond acceptors (Lipinski definition) is 2. The van der Waals surface area contributed by atoms with E-state index in [2.05, 4.69) is 4.98 Å². The molecule has 2 rings (SSSR count). The van der Waals surface area contributed by atoms with Crippen molar-refractivity contribution in [2.45, 2.75) is 12.3 Å². The van der Waals surface area contributed by atoms with Crippen LogP contribution in [0.4, 0.5) is 0 Å². The van der Waals surface area contributed by atoms with Crippen LogP contribution in [-0.2, 0) is 0 Å². The van der Waals surface area contributed by atoms with Crippen molar-refractivity contribution in [1.82, 2.24) is 4.98 Å². The third kappa shape index (κ3) is 1.80. The van der Waals surface area contributed by atoms with Crippen LogP contribution in [0.25, 0.3) is 12.2 Å². The first-order chi connectivity index (χ1) is 6.16. The molecule has 0 spiro atoms. The number of alkyl halides is 1. The van der Waals surface area contributed by atoms with Crippen molar-refractivity contribution in [3.8, 4) is 0 Å². The summed E-state index contributed by atoms with van der Waals surface area (Å²) in [5, 5.41) is 1.48. The third-order valence-corrected chi connectivity index (χ3v) is 3.51. The van der Waals surface area contributed by atoms with Crippen molar-refractivity contribution >= 4 is 46.7 Å². The number of rotatable bonds is 0. The lowest BCUT2D eigenvalue weighted by atomic mass is 10.3. The molecule has 1 aromatic heterocycles. The number of thiazole rings is 1. The first-order valence-electron chi connectivity index (χ1n) is 3.83. The maximum Gasteiger partial charge on any atom is 0.0907 e. The van der Waals surface area contributed by atoms with Gasteiger partial charge in [-0.1, -0.05) is 17.7 Å². The van der Waals surface area contributed by atoms with Crippen LogP contribution in [0, 0.1) is 6.92 Å². The van der Waals surface area contributed by atoms with Crippen molar-refractivity contribution in [2.75, 3.05) is 0 Å². The monoisotopic (exact) mass is 231 g/mol. The molecule has 0 aromatic carbocycles. The number of halogens is 2. The molecule has 1 aliphatic rings. The molecule has 0 aliphatic heterocycles. The van der Waals surface area contributed by atoms with E-state index in [1.807, 2.05) is 25.2 Å². The van der Waals surface area contributed by atoms with Crippen molar-refractivity contribution < 1.29 is 0 Å². The fourth-order valence-electron chi connectivity index (χ4n) is 1.15. The summed E-state index contributed by atoms with van der Waals surface area (Å²) < 4.78 is 0. The van der Waals surface area contributed by atoms with Gasteiger partial charge in [-0.3, -0.25) is 0 Å². The predicted molar refractivity (Wildman–Crippen MR) is 59.4 cm³/mol. The fraction of sp³-hybridized carbons (Fsp3) is 0.222. The SMILES string of the molecule is Cc1nc2c(s1)C=C(Cl)C(Cl)C=C2. The van der Waals surface area contributed by atoms with E-state index in [1.54, 1.807) is 11.3 Å². The lowest BCUT2D eigenvalue weighted by Crippen LogP contribution is -1.89. The van der Waals surface area contributed by atoms with E-state index in [9.17, 15) is 0 Å². The van der Waals surface area contributed by atoms with Crippen LogP contribution < -0.4 is 0 Å². The summed E-state index contributed by atoms with van der Waals surface area (Å²) in [6.45, 7) is 1.98. The molecule has 0 fully saturated rings. The molecule has 0 N–H and O–H groups in total. The molecule has 0 bridgehead atoms. The number of hydrogen-bond donors (Lipinski definition) is 0. The molecule has 0 radical (unpaired) electrons. The summed E-state index contributed by atoms with van der Waals surface area (Å²) in [6.07, 6.45) is 5.66. The number of fused-ring (bicyclic) bond motifs is 1. The highest BCUT2D eigenvalue weighted by atomic mass is 35.5. The minimum absolute atomic E-state index is 0.219. The smallest absolute Gasteiger partial charge is 0.0907 e. The van der Waals surface area contributed by atoms with Gasteiger partial charge >= 0.3 is 0 Å². The molecule has 1 heterocycles. The highest BCUT2D eigenvalue weighted by Crippen LogP contribution is 2.29. The van der Waals surface area contributed by atoms with Crippen molar-refractivity contribution in [2.24, 2.45) is 0 Å². The summed E-state index contributed by atoms with van der Waals surface area (Å²) >= 11 is 13.5. The maximum absolute atomic E-state index is 5.97. The first kappa shape index (κ1) is 9.25. The maximum atomic E-state index is 5.97. The van der Waals surface area contributed by atoms with E-state index in [1.165, 1.54) is 0 Å². The van der Waals surface area contributed by atoms with Gasteiger partial charge in [-0.2, -0.15) is 0 Å². The Labute approximate surface area is 90.7 Å². The molecule has 1 atom stereocenters. The summed E-state index contributed by atoms with van der Waals surface area (Å²) in [5.74, 6) is 0. The Balaban J connectivity index is 2.54. The van der Waals surface area contributed by atoms with E-state index >= 15 is 0 Å². The summed E-state index contributed by atoms with van der Waals surface area (Å²) in [5.41, 5.74) is 0.962. The van der Waals surface area contributed by atoms with Crippen molar-refractivity contribution in [3.05, 3.63) is 26.7 Å². The van der Waals surface area contributed by atoms with Gasteiger partial charge in [0.15, 0.2) is 0 Å². The topological polar surface area (TPSA) is 12.9 Å². The Hall–Kier alpha value is -0.310. The number of aromatic nitrogens is 1. The highest BCUT2D eigenvalue weighted by Gasteiger charge is 2.13. The second-order valence-electron chi connectivity index (χ2n) is 2.77. The second-order valence-corrected chi connectivity index (χ2v) is 4.91. The van der Waals surface area contributed by atoms with Gasteiger partial charge in [-0.25, -0.2) is 4.98 Å². The average Bonchev–Trinajstić information content (AvgIpc) is 2.36. The molecule has 1 unspecified atom stereocenters. The number of nitrogens with zero attached hydrogens (tertiary/aromatic N) is 1. The van der Waals surface area contributed by atoms with Crippen LogP contribution in [-0.4, -0.2) is 10.4 Å². The molecule has 0 saturated heterocycles. The van der Waals surface area contributed by atoms with Gasteiger partial charge in [0.25, 0.3) is 0 Å². The average molecular weight is 232 g/mol. The minimum atomic E-state index is -0.219. The van der Waals surface area contributed by atoms with Crippen LogP contribution >= 0.6 is 34.5 Å². The van der Waals surface area contributed by atoms with E-state index < -0.39 is 0 Å². The highest BCUT2D eigenvalue weighted by molar-refractivity contribution is 7.12.